The van der Waals surface area contributed by atoms with Crippen LogP contribution in [0.15, 0.2) is 61.1 Å². The Balaban J connectivity index is 1.57. The maximum absolute atomic E-state index is 12.6. The van der Waals surface area contributed by atoms with Crippen molar-refractivity contribution in [3.63, 3.8) is 0 Å². The van der Waals surface area contributed by atoms with Crippen LogP contribution >= 0.6 is 0 Å². The molecule has 0 radical (unpaired) electrons. The first kappa shape index (κ1) is 14.3. The quantitative estimate of drug-likeness (QED) is 0.582. The van der Waals surface area contributed by atoms with Crippen molar-refractivity contribution in [1.29, 1.82) is 0 Å². The highest BCUT2D eigenvalue weighted by molar-refractivity contribution is 5.92. The molecule has 0 saturated carbocycles. The summed E-state index contributed by atoms with van der Waals surface area (Å²) in [7, 11) is 1.75. The summed E-state index contributed by atoms with van der Waals surface area (Å²) >= 11 is 0. The van der Waals surface area contributed by atoms with E-state index in [1.807, 2.05) is 42.6 Å². The third-order valence-electron chi connectivity index (χ3n) is 3.86. The first-order valence-corrected chi connectivity index (χ1v) is 7.60. The van der Waals surface area contributed by atoms with E-state index in [9.17, 15) is 4.79 Å². The van der Waals surface area contributed by atoms with Crippen LogP contribution in [-0.2, 0) is 6.54 Å². The molecule has 0 fully saturated rings. The largest absolute Gasteiger partial charge is 0.334 e. The van der Waals surface area contributed by atoms with Crippen molar-refractivity contribution >= 4 is 22.6 Å². The Morgan fingerprint density at radius 2 is 2.00 bits per heavy atom. The molecule has 0 aliphatic rings. The number of amides is 1. The second kappa shape index (κ2) is 5.73. The van der Waals surface area contributed by atoms with Crippen molar-refractivity contribution in [2.24, 2.45) is 0 Å². The van der Waals surface area contributed by atoms with Gasteiger partial charge in [-0.3, -0.25) is 14.2 Å². The van der Waals surface area contributed by atoms with E-state index in [2.05, 4.69) is 15.0 Å². The van der Waals surface area contributed by atoms with E-state index in [0.29, 0.717) is 18.0 Å². The van der Waals surface area contributed by atoms with Gasteiger partial charge in [0, 0.05) is 31.0 Å². The average Bonchev–Trinajstić information content (AvgIpc) is 3.05. The molecule has 0 atom stereocenters. The molecule has 6 heteroatoms. The van der Waals surface area contributed by atoms with Crippen LogP contribution in [0.3, 0.4) is 0 Å². The zero-order valence-electron chi connectivity index (χ0n) is 13.1. The summed E-state index contributed by atoms with van der Waals surface area (Å²) in [6, 6.07) is 13.7. The fourth-order valence-corrected chi connectivity index (χ4v) is 2.64. The molecular formula is C18H15N5O. The lowest BCUT2D eigenvalue weighted by Crippen LogP contribution is -2.26. The summed E-state index contributed by atoms with van der Waals surface area (Å²) in [4.78, 5) is 27.2. The Morgan fingerprint density at radius 1 is 1.12 bits per heavy atom. The van der Waals surface area contributed by atoms with Gasteiger partial charge in [-0.2, -0.15) is 0 Å². The van der Waals surface area contributed by atoms with Crippen molar-refractivity contribution in [3.8, 4) is 0 Å². The second-order valence-electron chi connectivity index (χ2n) is 5.61. The monoisotopic (exact) mass is 317 g/mol. The predicted molar refractivity (Wildman–Crippen MR) is 90.5 cm³/mol. The lowest BCUT2D eigenvalue weighted by Gasteiger charge is -2.15. The van der Waals surface area contributed by atoms with Crippen LogP contribution in [0.25, 0.3) is 16.7 Å². The molecule has 4 rings (SSSR count). The Labute approximate surface area is 138 Å². The maximum Gasteiger partial charge on any atom is 0.274 e. The van der Waals surface area contributed by atoms with Gasteiger partial charge in [-0.25, -0.2) is 9.97 Å². The highest BCUT2D eigenvalue weighted by Crippen LogP contribution is 2.13. The number of hydrogen-bond acceptors (Lipinski definition) is 4. The number of benzene rings is 1. The van der Waals surface area contributed by atoms with Crippen LogP contribution in [0.5, 0.6) is 0 Å². The number of fused-ring (bicyclic) bond motifs is 2. The number of hydrogen-bond donors (Lipinski definition) is 0. The van der Waals surface area contributed by atoms with E-state index in [-0.39, 0.29) is 5.91 Å². The van der Waals surface area contributed by atoms with Crippen LogP contribution in [-0.4, -0.2) is 37.2 Å². The molecule has 0 spiro atoms. The normalized spacial score (nSPS) is 11.0. The highest BCUT2D eigenvalue weighted by atomic mass is 16.2. The lowest BCUT2D eigenvalue weighted by molar-refractivity contribution is 0.0778. The van der Waals surface area contributed by atoms with Gasteiger partial charge in [-0.05, 0) is 18.2 Å². The van der Waals surface area contributed by atoms with Crippen molar-refractivity contribution in [2.75, 3.05) is 7.05 Å². The van der Waals surface area contributed by atoms with Gasteiger partial charge in [-0.15, -0.1) is 0 Å². The van der Waals surface area contributed by atoms with Crippen LogP contribution < -0.4 is 0 Å². The van der Waals surface area contributed by atoms with Gasteiger partial charge in [0.05, 0.1) is 17.8 Å². The van der Waals surface area contributed by atoms with E-state index in [1.165, 1.54) is 0 Å². The van der Waals surface area contributed by atoms with Gasteiger partial charge in [0.2, 0.25) is 5.78 Å². The minimum absolute atomic E-state index is 0.157. The van der Waals surface area contributed by atoms with Crippen molar-refractivity contribution in [3.05, 3.63) is 72.4 Å². The Kier molecular flexibility index (Phi) is 3.42. The first-order chi connectivity index (χ1) is 11.7. The van der Waals surface area contributed by atoms with Crippen LogP contribution in [0.4, 0.5) is 0 Å². The number of imidazole rings is 1. The minimum Gasteiger partial charge on any atom is -0.334 e. The molecule has 1 amide bonds. The summed E-state index contributed by atoms with van der Waals surface area (Å²) in [6.45, 7) is 0.422. The fourth-order valence-electron chi connectivity index (χ4n) is 2.64. The minimum atomic E-state index is -0.157. The van der Waals surface area contributed by atoms with Gasteiger partial charge in [-0.1, -0.05) is 24.3 Å². The van der Waals surface area contributed by atoms with Crippen molar-refractivity contribution in [2.45, 2.75) is 6.54 Å². The number of pyridine rings is 1. The number of para-hydroxylation sites is 1. The van der Waals surface area contributed by atoms with Gasteiger partial charge >= 0.3 is 0 Å². The topological polar surface area (TPSA) is 63.4 Å². The number of carbonyl (C=O) groups is 1. The number of carbonyl (C=O) groups excluding carboxylic acids is 1. The Bertz CT molecular complexity index is 1010. The summed E-state index contributed by atoms with van der Waals surface area (Å²) in [5, 5.41) is 1.08. The Hall–Kier alpha value is -3.28. The van der Waals surface area contributed by atoms with Gasteiger partial charge in [0.1, 0.15) is 5.69 Å². The first-order valence-electron chi connectivity index (χ1n) is 7.60. The zero-order valence-corrected chi connectivity index (χ0v) is 13.1. The van der Waals surface area contributed by atoms with Gasteiger partial charge in [0.15, 0.2) is 0 Å². The molecule has 1 aromatic carbocycles. The SMILES string of the molecule is CN(Cc1ccc2ccccc2n1)C(=O)c1cn2cccnc2n1. The summed E-state index contributed by atoms with van der Waals surface area (Å²) in [5.41, 5.74) is 2.14. The molecule has 0 N–H and O–H groups in total. The number of nitrogens with zero attached hydrogens (tertiary/aromatic N) is 5. The lowest BCUT2D eigenvalue weighted by atomic mass is 10.2. The molecule has 3 aromatic heterocycles. The van der Waals surface area contributed by atoms with Gasteiger partial charge in [0.25, 0.3) is 5.91 Å². The van der Waals surface area contributed by atoms with E-state index in [1.54, 1.807) is 34.8 Å². The molecule has 0 bridgehead atoms. The average molecular weight is 317 g/mol. The molecule has 0 aliphatic heterocycles. The third-order valence-corrected chi connectivity index (χ3v) is 3.86. The molecule has 118 valence electrons. The standard InChI is InChI=1S/C18H15N5O/c1-22(11-14-8-7-13-5-2-3-6-15(13)20-14)17(24)16-12-23-10-4-9-19-18(23)21-16/h2-10,12H,11H2,1H3. The maximum atomic E-state index is 12.6. The molecular weight excluding hydrogens is 302 g/mol. The summed E-state index contributed by atoms with van der Waals surface area (Å²) in [5.74, 6) is 0.355. The van der Waals surface area contributed by atoms with E-state index in [0.717, 1.165) is 16.6 Å². The number of aromatic nitrogens is 4. The van der Waals surface area contributed by atoms with Crippen LogP contribution in [0.1, 0.15) is 16.2 Å². The van der Waals surface area contributed by atoms with Gasteiger partial charge < -0.3 is 4.90 Å². The fraction of sp³-hybridized carbons (Fsp3) is 0.111. The van der Waals surface area contributed by atoms with Crippen LogP contribution in [0, 0.1) is 0 Å². The molecule has 0 aliphatic carbocycles. The van der Waals surface area contributed by atoms with E-state index < -0.39 is 0 Å². The van der Waals surface area contributed by atoms with E-state index in [4.69, 9.17) is 0 Å². The smallest absolute Gasteiger partial charge is 0.274 e. The zero-order chi connectivity index (χ0) is 16.5. The van der Waals surface area contributed by atoms with Crippen LogP contribution in [0.2, 0.25) is 0 Å². The Morgan fingerprint density at radius 3 is 2.88 bits per heavy atom. The predicted octanol–water partition coefficient (Wildman–Crippen LogP) is 2.55. The second-order valence-corrected chi connectivity index (χ2v) is 5.61. The van der Waals surface area contributed by atoms with Crippen molar-refractivity contribution in [1.82, 2.24) is 24.3 Å². The molecule has 24 heavy (non-hydrogen) atoms. The van der Waals surface area contributed by atoms with Crippen molar-refractivity contribution < 1.29 is 4.79 Å². The highest BCUT2D eigenvalue weighted by Gasteiger charge is 2.16. The molecule has 0 unspecified atom stereocenters. The third kappa shape index (κ3) is 2.58. The summed E-state index contributed by atoms with van der Waals surface area (Å²) < 4.78 is 1.73. The molecule has 0 saturated heterocycles. The molecule has 4 aromatic rings. The molecule has 6 nitrogen and oxygen atoms in total. The number of rotatable bonds is 3. The summed E-state index contributed by atoms with van der Waals surface area (Å²) in [6.07, 6.45) is 5.16. The molecule has 3 heterocycles. The van der Waals surface area contributed by atoms with E-state index >= 15 is 0 Å².